The van der Waals surface area contributed by atoms with Gasteiger partial charge in [0.15, 0.2) is 0 Å². The molecule has 0 aliphatic carbocycles. The first-order valence-corrected chi connectivity index (χ1v) is 8.26. The summed E-state index contributed by atoms with van der Waals surface area (Å²) in [6.07, 6.45) is 0. The number of nitrogens with zero attached hydrogens (tertiary/aromatic N) is 4. The number of rotatable bonds is 3. The Morgan fingerprint density at radius 2 is 1.88 bits per heavy atom. The summed E-state index contributed by atoms with van der Waals surface area (Å²) < 4.78 is 0. The Balaban J connectivity index is 1.81. The van der Waals surface area contributed by atoms with Crippen molar-refractivity contribution in [3.05, 3.63) is 46.9 Å². The van der Waals surface area contributed by atoms with Crippen molar-refractivity contribution in [1.82, 2.24) is 19.8 Å². The molecule has 2 aromatic rings. The van der Waals surface area contributed by atoms with Gasteiger partial charge in [0.1, 0.15) is 17.3 Å². The molecule has 0 atom stereocenters. The van der Waals surface area contributed by atoms with Crippen LogP contribution in [-0.4, -0.2) is 58.9 Å². The lowest BCUT2D eigenvalue weighted by Crippen LogP contribution is -2.47. The number of benzene rings is 1. The predicted molar refractivity (Wildman–Crippen MR) is 94.9 cm³/mol. The van der Waals surface area contributed by atoms with E-state index in [0.717, 1.165) is 18.8 Å². The van der Waals surface area contributed by atoms with Gasteiger partial charge in [-0.1, -0.05) is 23.7 Å². The van der Waals surface area contributed by atoms with Crippen molar-refractivity contribution in [3.8, 4) is 0 Å². The molecule has 1 N–H and O–H groups in total. The molecule has 0 bridgehead atoms. The number of anilines is 2. The van der Waals surface area contributed by atoms with Crippen molar-refractivity contribution < 1.29 is 4.79 Å². The van der Waals surface area contributed by atoms with E-state index >= 15 is 0 Å². The van der Waals surface area contributed by atoms with Crippen molar-refractivity contribution in [1.29, 1.82) is 0 Å². The van der Waals surface area contributed by atoms with Crippen LogP contribution in [-0.2, 0) is 0 Å². The third kappa shape index (κ3) is 3.83. The van der Waals surface area contributed by atoms with Gasteiger partial charge in [-0.3, -0.25) is 4.79 Å². The Labute approximate surface area is 146 Å². The van der Waals surface area contributed by atoms with Crippen LogP contribution in [0.4, 0.5) is 11.5 Å². The number of aromatic nitrogens is 2. The van der Waals surface area contributed by atoms with Gasteiger partial charge >= 0.3 is 0 Å². The van der Waals surface area contributed by atoms with Crippen molar-refractivity contribution in [2.45, 2.75) is 6.92 Å². The molecule has 3 rings (SSSR count). The molecular weight excluding hydrogens is 326 g/mol. The highest BCUT2D eigenvalue weighted by molar-refractivity contribution is 6.33. The predicted octanol–water partition coefficient (Wildman–Crippen LogP) is 2.57. The number of para-hydroxylation sites is 1. The summed E-state index contributed by atoms with van der Waals surface area (Å²) in [5.41, 5.74) is 1.15. The minimum Gasteiger partial charge on any atom is -0.339 e. The van der Waals surface area contributed by atoms with Crippen molar-refractivity contribution in [2.24, 2.45) is 0 Å². The number of hydrogen-bond donors (Lipinski definition) is 1. The van der Waals surface area contributed by atoms with E-state index < -0.39 is 0 Å². The Kier molecular flexibility index (Phi) is 4.97. The van der Waals surface area contributed by atoms with Crippen LogP contribution >= 0.6 is 11.6 Å². The molecule has 7 heteroatoms. The smallest absolute Gasteiger partial charge is 0.272 e. The first kappa shape index (κ1) is 16.7. The summed E-state index contributed by atoms with van der Waals surface area (Å²) >= 11 is 6.17. The van der Waals surface area contributed by atoms with Crippen LogP contribution in [0.5, 0.6) is 0 Å². The minimum absolute atomic E-state index is 0.0594. The monoisotopic (exact) mass is 345 g/mol. The summed E-state index contributed by atoms with van der Waals surface area (Å²) in [5.74, 6) is 1.05. The number of nitrogens with one attached hydrogen (secondary N) is 1. The molecule has 1 amide bonds. The number of halogens is 1. The average molecular weight is 346 g/mol. The number of aryl methyl sites for hydroxylation is 1. The minimum atomic E-state index is -0.0594. The Bertz CT molecular complexity index is 744. The van der Waals surface area contributed by atoms with Crippen LogP contribution in [0.3, 0.4) is 0 Å². The summed E-state index contributed by atoms with van der Waals surface area (Å²) in [5, 5.41) is 3.75. The Hall–Kier alpha value is -2.18. The third-order valence-electron chi connectivity index (χ3n) is 3.98. The molecule has 0 saturated carbocycles. The van der Waals surface area contributed by atoms with Gasteiger partial charge in [0.2, 0.25) is 0 Å². The van der Waals surface area contributed by atoms with Gasteiger partial charge in [-0.25, -0.2) is 9.97 Å². The van der Waals surface area contributed by atoms with Gasteiger partial charge in [-0.05, 0) is 26.1 Å². The lowest BCUT2D eigenvalue weighted by atomic mass is 10.2. The third-order valence-corrected chi connectivity index (χ3v) is 4.31. The molecule has 1 aromatic carbocycles. The standard InChI is InChI=1S/C17H20ClN5O/c1-12-19-15(17(24)23-9-7-22(2)8-10-23)11-16(20-12)21-14-6-4-3-5-13(14)18/h3-6,11H,7-10H2,1-2H3,(H,19,20,21). The van der Waals surface area contributed by atoms with E-state index in [0.29, 0.717) is 35.4 Å². The second-order valence-corrected chi connectivity index (χ2v) is 6.29. The molecule has 126 valence electrons. The van der Waals surface area contributed by atoms with Gasteiger partial charge in [0, 0.05) is 32.2 Å². The number of likely N-dealkylation sites (N-methyl/N-ethyl adjacent to an activating group) is 1. The van der Waals surface area contributed by atoms with E-state index in [1.807, 2.05) is 23.1 Å². The van der Waals surface area contributed by atoms with Gasteiger partial charge in [-0.15, -0.1) is 0 Å². The van der Waals surface area contributed by atoms with Gasteiger partial charge < -0.3 is 15.1 Å². The normalized spacial score (nSPS) is 15.4. The molecule has 1 saturated heterocycles. The van der Waals surface area contributed by atoms with E-state index in [1.165, 1.54) is 0 Å². The fraction of sp³-hybridized carbons (Fsp3) is 0.353. The molecule has 6 nitrogen and oxygen atoms in total. The zero-order chi connectivity index (χ0) is 17.1. The molecule has 1 aliphatic heterocycles. The first-order valence-electron chi connectivity index (χ1n) is 7.88. The second-order valence-electron chi connectivity index (χ2n) is 5.89. The molecule has 2 heterocycles. The molecule has 0 spiro atoms. The van der Waals surface area contributed by atoms with Crippen LogP contribution < -0.4 is 5.32 Å². The molecular formula is C17H20ClN5O. The maximum atomic E-state index is 12.7. The SMILES string of the molecule is Cc1nc(Nc2ccccc2Cl)cc(C(=O)N2CCN(C)CC2)n1. The number of carbonyl (C=O) groups is 1. The number of hydrogen-bond acceptors (Lipinski definition) is 5. The van der Waals surface area contributed by atoms with E-state index in [9.17, 15) is 4.79 Å². The maximum Gasteiger partial charge on any atom is 0.272 e. The summed E-state index contributed by atoms with van der Waals surface area (Å²) in [4.78, 5) is 25.4. The van der Waals surface area contributed by atoms with E-state index in [4.69, 9.17) is 11.6 Å². The van der Waals surface area contributed by atoms with Gasteiger partial charge in [-0.2, -0.15) is 0 Å². The largest absolute Gasteiger partial charge is 0.339 e. The highest BCUT2D eigenvalue weighted by Crippen LogP contribution is 2.24. The zero-order valence-corrected chi connectivity index (χ0v) is 14.5. The van der Waals surface area contributed by atoms with Crippen LogP contribution in [0.25, 0.3) is 0 Å². The summed E-state index contributed by atoms with van der Waals surface area (Å²) in [7, 11) is 2.06. The Morgan fingerprint density at radius 3 is 2.58 bits per heavy atom. The molecule has 0 radical (unpaired) electrons. The molecule has 24 heavy (non-hydrogen) atoms. The fourth-order valence-electron chi connectivity index (χ4n) is 2.61. The number of carbonyl (C=O) groups excluding carboxylic acids is 1. The second kappa shape index (κ2) is 7.15. The van der Waals surface area contributed by atoms with Crippen molar-refractivity contribution in [3.63, 3.8) is 0 Å². The van der Waals surface area contributed by atoms with Crippen LogP contribution in [0, 0.1) is 6.92 Å². The molecule has 1 aliphatic rings. The zero-order valence-electron chi connectivity index (χ0n) is 13.8. The van der Waals surface area contributed by atoms with E-state index in [-0.39, 0.29) is 5.91 Å². The van der Waals surface area contributed by atoms with Crippen molar-refractivity contribution in [2.75, 3.05) is 38.5 Å². The quantitative estimate of drug-likeness (QED) is 0.926. The summed E-state index contributed by atoms with van der Waals surface area (Å²) in [6.45, 7) is 4.96. The lowest BCUT2D eigenvalue weighted by molar-refractivity contribution is 0.0658. The lowest BCUT2D eigenvalue weighted by Gasteiger charge is -2.32. The first-order chi connectivity index (χ1) is 11.5. The number of amides is 1. The highest BCUT2D eigenvalue weighted by Gasteiger charge is 2.22. The number of piperazine rings is 1. The van der Waals surface area contributed by atoms with Crippen LogP contribution in [0.15, 0.2) is 30.3 Å². The topological polar surface area (TPSA) is 61.4 Å². The fourth-order valence-corrected chi connectivity index (χ4v) is 2.80. The average Bonchev–Trinajstić information content (AvgIpc) is 2.56. The van der Waals surface area contributed by atoms with Crippen molar-refractivity contribution >= 4 is 29.0 Å². The van der Waals surface area contributed by atoms with E-state index in [1.54, 1.807) is 19.1 Å². The molecule has 1 aromatic heterocycles. The van der Waals surface area contributed by atoms with Gasteiger partial charge in [0.25, 0.3) is 5.91 Å². The van der Waals surface area contributed by atoms with E-state index in [2.05, 4.69) is 27.2 Å². The van der Waals surface area contributed by atoms with Gasteiger partial charge in [0.05, 0.1) is 10.7 Å². The van der Waals surface area contributed by atoms with Crippen LogP contribution in [0.1, 0.15) is 16.3 Å². The maximum absolute atomic E-state index is 12.7. The molecule has 1 fully saturated rings. The van der Waals surface area contributed by atoms with Crippen LogP contribution in [0.2, 0.25) is 5.02 Å². The summed E-state index contributed by atoms with van der Waals surface area (Å²) in [6, 6.07) is 9.09. The highest BCUT2D eigenvalue weighted by atomic mass is 35.5. The molecule has 0 unspecified atom stereocenters. The Morgan fingerprint density at radius 1 is 1.17 bits per heavy atom.